The van der Waals surface area contributed by atoms with Crippen LogP contribution in [0.15, 0.2) is 16.8 Å². The first-order chi connectivity index (χ1) is 7.86. The van der Waals surface area contributed by atoms with Gasteiger partial charge in [0.1, 0.15) is 0 Å². The monoisotopic (exact) mass is 255 g/mol. The largest absolute Gasteiger partial charge is 0.381 e. The molecule has 4 heteroatoms. The second-order valence-corrected chi connectivity index (χ2v) is 6.57. The molecule has 0 radical (unpaired) electrons. The summed E-state index contributed by atoms with van der Waals surface area (Å²) in [7, 11) is 0. The van der Waals surface area contributed by atoms with Crippen LogP contribution in [0.5, 0.6) is 0 Å². The summed E-state index contributed by atoms with van der Waals surface area (Å²) in [5.41, 5.74) is 1.47. The molecule has 2 unspecified atom stereocenters. The van der Waals surface area contributed by atoms with E-state index in [-0.39, 0.29) is 5.60 Å². The Morgan fingerprint density at radius 2 is 2.50 bits per heavy atom. The molecule has 2 atom stereocenters. The molecule has 0 bridgehead atoms. The third kappa shape index (κ3) is 2.24. The minimum absolute atomic E-state index is 0.191. The van der Waals surface area contributed by atoms with Gasteiger partial charge in [-0.2, -0.15) is 23.1 Å². The van der Waals surface area contributed by atoms with Crippen LogP contribution < -0.4 is 5.32 Å². The summed E-state index contributed by atoms with van der Waals surface area (Å²) in [6.07, 6.45) is 3.55. The molecule has 0 aromatic carbocycles. The van der Waals surface area contributed by atoms with Crippen LogP contribution >= 0.6 is 23.1 Å². The van der Waals surface area contributed by atoms with Crippen molar-refractivity contribution in [2.24, 2.45) is 0 Å². The molecule has 88 valence electrons. The highest BCUT2D eigenvalue weighted by molar-refractivity contribution is 7.99. The molecule has 1 N–H and O–H groups in total. The SMILES string of the molecule is c1cc(NC2CCOC3(CCSC3)C2)cs1. The van der Waals surface area contributed by atoms with Gasteiger partial charge in [0.2, 0.25) is 0 Å². The zero-order valence-corrected chi connectivity index (χ0v) is 10.9. The zero-order valence-electron chi connectivity index (χ0n) is 9.28. The van der Waals surface area contributed by atoms with Crippen LogP contribution in [-0.2, 0) is 4.74 Å². The molecule has 0 aliphatic carbocycles. The van der Waals surface area contributed by atoms with Crippen molar-refractivity contribution < 1.29 is 4.74 Å². The van der Waals surface area contributed by atoms with Gasteiger partial charge in [0.15, 0.2) is 0 Å². The third-order valence-corrected chi connectivity index (χ3v) is 5.36. The fraction of sp³-hybridized carbons (Fsp3) is 0.667. The van der Waals surface area contributed by atoms with Gasteiger partial charge in [-0.15, -0.1) is 0 Å². The molecule has 16 heavy (non-hydrogen) atoms. The van der Waals surface area contributed by atoms with Gasteiger partial charge in [-0.3, -0.25) is 0 Å². The Kier molecular flexibility index (Phi) is 3.14. The molecule has 0 saturated carbocycles. The van der Waals surface area contributed by atoms with Crippen molar-refractivity contribution in [2.45, 2.75) is 30.9 Å². The van der Waals surface area contributed by atoms with E-state index in [0.29, 0.717) is 6.04 Å². The van der Waals surface area contributed by atoms with Crippen molar-refractivity contribution in [2.75, 3.05) is 23.4 Å². The van der Waals surface area contributed by atoms with E-state index < -0.39 is 0 Å². The van der Waals surface area contributed by atoms with Crippen LogP contribution in [0, 0.1) is 0 Å². The van der Waals surface area contributed by atoms with Crippen molar-refractivity contribution in [3.63, 3.8) is 0 Å². The molecule has 2 aliphatic heterocycles. The standard InChI is InChI=1S/C12H17NOS2/c1-4-14-12(3-6-16-9-12)7-10(1)13-11-2-5-15-8-11/h2,5,8,10,13H,1,3-4,6-7,9H2. The Morgan fingerprint density at radius 1 is 1.50 bits per heavy atom. The van der Waals surface area contributed by atoms with Gasteiger partial charge in [0, 0.05) is 29.5 Å². The molecule has 3 rings (SSSR count). The highest BCUT2D eigenvalue weighted by atomic mass is 32.2. The quantitative estimate of drug-likeness (QED) is 0.877. The molecular formula is C12H17NOS2. The van der Waals surface area contributed by atoms with E-state index in [1.165, 1.54) is 30.0 Å². The number of hydrogen-bond donors (Lipinski definition) is 1. The summed E-state index contributed by atoms with van der Waals surface area (Å²) in [6, 6.07) is 2.76. The highest BCUT2D eigenvalue weighted by Gasteiger charge is 2.40. The molecule has 0 amide bonds. The summed E-state index contributed by atoms with van der Waals surface area (Å²) < 4.78 is 6.02. The molecule has 2 aliphatic rings. The Labute approximate surface area is 105 Å². The fourth-order valence-corrected chi connectivity index (χ4v) is 4.57. The van der Waals surface area contributed by atoms with Crippen LogP contribution in [0.1, 0.15) is 19.3 Å². The molecule has 1 aromatic heterocycles. The summed E-state index contributed by atoms with van der Waals surface area (Å²) in [5.74, 6) is 2.46. The molecule has 1 spiro atoms. The van der Waals surface area contributed by atoms with Crippen molar-refractivity contribution in [3.05, 3.63) is 16.8 Å². The van der Waals surface area contributed by atoms with E-state index >= 15 is 0 Å². The second kappa shape index (κ2) is 4.59. The van der Waals surface area contributed by atoms with Crippen LogP contribution in [0.3, 0.4) is 0 Å². The second-order valence-electron chi connectivity index (χ2n) is 4.68. The van der Waals surface area contributed by atoms with Gasteiger partial charge in [-0.05, 0) is 36.5 Å². The first kappa shape index (κ1) is 10.9. The first-order valence-electron chi connectivity index (χ1n) is 5.87. The van der Waals surface area contributed by atoms with Crippen molar-refractivity contribution in [3.8, 4) is 0 Å². The predicted molar refractivity (Wildman–Crippen MR) is 71.6 cm³/mol. The Morgan fingerprint density at radius 3 is 3.25 bits per heavy atom. The van der Waals surface area contributed by atoms with Gasteiger partial charge in [0.05, 0.1) is 5.60 Å². The van der Waals surface area contributed by atoms with Gasteiger partial charge in [-0.25, -0.2) is 0 Å². The molecule has 2 saturated heterocycles. The van der Waals surface area contributed by atoms with E-state index in [0.717, 1.165) is 13.0 Å². The summed E-state index contributed by atoms with van der Waals surface area (Å²) in [4.78, 5) is 0. The fourth-order valence-electron chi connectivity index (χ4n) is 2.60. The average molecular weight is 255 g/mol. The lowest BCUT2D eigenvalue weighted by atomic mass is 9.90. The Bertz CT molecular complexity index is 333. The molecule has 2 fully saturated rings. The number of nitrogens with one attached hydrogen (secondary N) is 1. The van der Waals surface area contributed by atoms with E-state index in [9.17, 15) is 0 Å². The first-order valence-corrected chi connectivity index (χ1v) is 7.97. The van der Waals surface area contributed by atoms with Gasteiger partial charge >= 0.3 is 0 Å². The molecule has 2 nitrogen and oxygen atoms in total. The molecular weight excluding hydrogens is 238 g/mol. The molecule has 1 aromatic rings. The van der Waals surface area contributed by atoms with Crippen molar-refractivity contribution in [1.82, 2.24) is 0 Å². The van der Waals surface area contributed by atoms with Crippen LogP contribution in [0.4, 0.5) is 5.69 Å². The summed E-state index contributed by atoms with van der Waals surface area (Å²) in [6.45, 7) is 0.919. The van der Waals surface area contributed by atoms with Gasteiger partial charge < -0.3 is 10.1 Å². The normalized spacial score (nSPS) is 34.4. The number of rotatable bonds is 2. The van der Waals surface area contributed by atoms with Gasteiger partial charge in [0.25, 0.3) is 0 Å². The van der Waals surface area contributed by atoms with Crippen molar-refractivity contribution >= 4 is 28.8 Å². The number of ether oxygens (including phenoxy) is 1. The Balaban J connectivity index is 1.63. The van der Waals surface area contributed by atoms with Gasteiger partial charge in [-0.1, -0.05) is 0 Å². The smallest absolute Gasteiger partial charge is 0.0799 e. The Hall–Kier alpha value is -0.190. The maximum absolute atomic E-state index is 6.02. The van der Waals surface area contributed by atoms with Crippen LogP contribution in [0.2, 0.25) is 0 Å². The maximum atomic E-state index is 6.02. The van der Waals surface area contributed by atoms with Crippen LogP contribution in [0.25, 0.3) is 0 Å². The third-order valence-electron chi connectivity index (χ3n) is 3.45. The average Bonchev–Trinajstić information content (AvgIpc) is 2.91. The topological polar surface area (TPSA) is 21.3 Å². The van der Waals surface area contributed by atoms with Crippen molar-refractivity contribution in [1.29, 1.82) is 0 Å². The minimum atomic E-state index is 0.191. The number of thioether (sulfide) groups is 1. The van der Waals surface area contributed by atoms with E-state index in [2.05, 4.69) is 22.1 Å². The zero-order chi connectivity index (χ0) is 10.8. The lowest BCUT2D eigenvalue weighted by Crippen LogP contribution is -2.44. The number of anilines is 1. The predicted octanol–water partition coefficient (Wildman–Crippen LogP) is 3.21. The summed E-state index contributed by atoms with van der Waals surface area (Å²) >= 11 is 3.79. The van der Waals surface area contributed by atoms with E-state index in [4.69, 9.17) is 4.74 Å². The summed E-state index contributed by atoms with van der Waals surface area (Å²) in [5, 5.41) is 7.95. The van der Waals surface area contributed by atoms with E-state index in [1.807, 2.05) is 11.8 Å². The number of thiophene rings is 1. The molecule has 3 heterocycles. The maximum Gasteiger partial charge on any atom is 0.0799 e. The number of hydrogen-bond acceptors (Lipinski definition) is 4. The van der Waals surface area contributed by atoms with Crippen LogP contribution in [-0.4, -0.2) is 29.8 Å². The lowest BCUT2D eigenvalue weighted by molar-refractivity contribution is -0.0628. The minimum Gasteiger partial charge on any atom is -0.381 e. The lowest BCUT2D eigenvalue weighted by Gasteiger charge is -2.38. The van der Waals surface area contributed by atoms with E-state index in [1.54, 1.807) is 11.3 Å². The highest BCUT2D eigenvalue weighted by Crippen LogP contribution is 2.39.